The van der Waals surface area contributed by atoms with Crippen LogP contribution in [0.2, 0.25) is 0 Å². The summed E-state index contributed by atoms with van der Waals surface area (Å²) in [6.07, 6.45) is 0.384. The standard InChI is InChI=1S/C13H17BrFN3O/c14-10-1-2-12(11(15)9-10)17-13(19)3-6-18-7-4-16-5-8-18/h1-2,9,16H,3-8H2,(H,17,19). The van der Waals surface area contributed by atoms with Gasteiger partial charge in [0.2, 0.25) is 5.91 Å². The van der Waals surface area contributed by atoms with E-state index in [1.165, 1.54) is 6.07 Å². The molecule has 1 aliphatic heterocycles. The summed E-state index contributed by atoms with van der Waals surface area (Å²) in [5.41, 5.74) is 0.230. The van der Waals surface area contributed by atoms with Gasteiger partial charge >= 0.3 is 0 Å². The number of halogens is 2. The van der Waals surface area contributed by atoms with Crippen LogP contribution in [0, 0.1) is 5.82 Å². The molecule has 1 aliphatic rings. The minimum Gasteiger partial charge on any atom is -0.324 e. The fourth-order valence-electron chi connectivity index (χ4n) is 2.00. The lowest BCUT2D eigenvalue weighted by atomic mass is 10.2. The lowest BCUT2D eigenvalue weighted by Gasteiger charge is -2.26. The molecule has 1 fully saturated rings. The Hall–Kier alpha value is -0.980. The van der Waals surface area contributed by atoms with Gasteiger partial charge in [0.15, 0.2) is 0 Å². The van der Waals surface area contributed by atoms with Crippen molar-refractivity contribution in [2.45, 2.75) is 6.42 Å². The van der Waals surface area contributed by atoms with Crippen LogP contribution >= 0.6 is 15.9 Å². The molecule has 2 rings (SSSR count). The van der Waals surface area contributed by atoms with Crippen LogP contribution in [0.4, 0.5) is 10.1 Å². The Morgan fingerprint density at radius 2 is 2.16 bits per heavy atom. The molecule has 0 spiro atoms. The average Bonchev–Trinajstić information content (AvgIpc) is 2.41. The van der Waals surface area contributed by atoms with E-state index in [1.54, 1.807) is 12.1 Å². The van der Waals surface area contributed by atoms with Gasteiger partial charge < -0.3 is 15.5 Å². The van der Waals surface area contributed by atoms with E-state index in [4.69, 9.17) is 0 Å². The highest BCUT2D eigenvalue weighted by Crippen LogP contribution is 2.19. The third-order valence-corrected chi connectivity index (χ3v) is 3.56. The number of anilines is 1. The fraction of sp³-hybridized carbons (Fsp3) is 0.462. The number of hydrogen-bond acceptors (Lipinski definition) is 3. The molecule has 1 heterocycles. The van der Waals surface area contributed by atoms with Gasteiger partial charge in [0.1, 0.15) is 5.82 Å². The summed E-state index contributed by atoms with van der Waals surface area (Å²) >= 11 is 3.18. The van der Waals surface area contributed by atoms with Crippen LogP contribution in [0.3, 0.4) is 0 Å². The van der Waals surface area contributed by atoms with Gasteiger partial charge in [-0.2, -0.15) is 0 Å². The van der Waals surface area contributed by atoms with Gasteiger partial charge in [-0.15, -0.1) is 0 Å². The summed E-state index contributed by atoms with van der Waals surface area (Å²) in [4.78, 5) is 14.0. The monoisotopic (exact) mass is 329 g/mol. The van der Waals surface area contributed by atoms with Crippen LogP contribution in [0.1, 0.15) is 6.42 Å². The molecule has 0 atom stereocenters. The Kier molecular flexibility index (Phi) is 5.30. The van der Waals surface area contributed by atoms with Crippen molar-refractivity contribution >= 4 is 27.5 Å². The first-order chi connectivity index (χ1) is 9.15. The largest absolute Gasteiger partial charge is 0.324 e. The second-order valence-corrected chi connectivity index (χ2v) is 5.43. The lowest BCUT2D eigenvalue weighted by molar-refractivity contribution is -0.116. The number of piperazine rings is 1. The van der Waals surface area contributed by atoms with Crippen LogP contribution in [-0.2, 0) is 4.79 Å². The molecule has 0 bridgehead atoms. The Balaban J connectivity index is 1.80. The van der Waals surface area contributed by atoms with Crippen molar-refractivity contribution in [2.24, 2.45) is 0 Å². The first kappa shape index (κ1) is 14.4. The van der Waals surface area contributed by atoms with Crippen LogP contribution in [0.15, 0.2) is 22.7 Å². The quantitative estimate of drug-likeness (QED) is 0.885. The van der Waals surface area contributed by atoms with Gasteiger partial charge in [0.25, 0.3) is 0 Å². The number of carbonyl (C=O) groups is 1. The van der Waals surface area contributed by atoms with Crippen LogP contribution in [0.5, 0.6) is 0 Å². The highest BCUT2D eigenvalue weighted by Gasteiger charge is 2.12. The maximum atomic E-state index is 13.5. The smallest absolute Gasteiger partial charge is 0.225 e. The summed E-state index contributed by atoms with van der Waals surface area (Å²) in [7, 11) is 0. The zero-order valence-electron chi connectivity index (χ0n) is 10.6. The third-order valence-electron chi connectivity index (χ3n) is 3.07. The first-order valence-electron chi connectivity index (χ1n) is 6.33. The van der Waals surface area contributed by atoms with Gasteiger partial charge in [-0.1, -0.05) is 15.9 Å². The SMILES string of the molecule is O=C(CCN1CCNCC1)Nc1ccc(Br)cc1F. The second kappa shape index (κ2) is 6.98. The lowest BCUT2D eigenvalue weighted by Crippen LogP contribution is -2.44. The van der Waals surface area contributed by atoms with Crippen LogP contribution in [-0.4, -0.2) is 43.5 Å². The van der Waals surface area contributed by atoms with E-state index < -0.39 is 5.82 Å². The van der Waals surface area contributed by atoms with Gasteiger partial charge in [-0.3, -0.25) is 4.79 Å². The van der Waals surface area contributed by atoms with Crippen LogP contribution in [0.25, 0.3) is 0 Å². The maximum Gasteiger partial charge on any atom is 0.225 e. The van der Waals surface area contributed by atoms with Crippen molar-refractivity contribution in [3.8, 4) is 0 Å². The fourth-order valence-corrected chi connectivity index (χ4v) is 2.33. The zero-order valence-corrected chi connectivity index (χ0v) is 12.2. The minimum absolute atomic E-state index is 0.153. The molecule has 0 unspecified atom stereocenters. The van der Waals surface area contributed by atoms with Gasteiger partial charge in [-0.25, -0.2) is 4.39 Å². The molecular formula is C13H17BrFN3O. The molecule has 0 aromatic heterocycles. The topological polar surface area (TPSA) is 44.4 Å². The molecule has 0 saturated carbocycles. The molecule has 1 aromatic rings. The van der Waals surface area contributed by atoms with E-state index in [9.17, 15) is 9.18 Å². The normalized spacial score (nSPS) is 16.3. The predicted molar refractivity (Wildman–Crippen MR) is 76.7 cm³/mol. The van der Waals surface area contributed by atoms with E-state index in [0.717, 1.165) is 26.2 Å². The molecule has 6 heteroatoms. The number of benzene rings is 1. The molecule has 1 aromatic carbocycles. The molecular weight excluding hydrogens is 313 g/mol. The number of carbonyl (C=O) groups excluding carboxylic acids is 1. The van der Waals surface area contributed by atoms with E-state index >= 15 is 0 Å². The minimum atomic E-state index is -0.426. The molecule has 4 nitrogen and oxygen atoms in total. The van der Waals surface area contributed by atoms with Crippen molar-refractivity contribution in [3.63, 3.8) is 0 Å². The summed E-state index contributed by atoms with van der Waals surface area (Å²) in [6.45, 7) is 4.55. The molecule has 0 radical (unpaired) electrons. The number of nitrogens with one attached hydrogen (secondary N) is 2. The molecule has 1 saturated heterocycles. The first-order valence-corrected chi connectivity index (χ1v) is 7.12. The van der Waals surface area contributed by atoms with E-state index in [1.807, 2.05) is 0 Å². The molecule has 0 aliphatic carbocycles. The van der Waals surface area contributed by atoms with Gasteiger partial charge in [0.05, 0.1) is 5.69 Å². The summed E-state index contributed by atoms with van der Waals surface area (Å²) in [5.74, 6) is -0.579. The molecule has 2 N–H and O–H groups in total. The predicted octanol–water partition coefficient (Wildman–Crippen LogP) is 1.82. The third kappa shape index (κ3) is 4.56. The Morgan fingerprint density at radius 3 is 2.84 bits per heavy atom. The molecule has 19 heavy (non-hydrogen) atoms. The Bertz CT molecular complexity index is 450. The molecule has 104 valence electrons. The Morgan fingerprint density at radius 1 is 1.42 bits per heavy atom. The Labute approximate surface area is 120 Å². The number of amides is 1. The average molecular weight is 330 g/mol. The zero-order chi connectivity index (χ0) is 13.7. The summed E-state index contributed by atoms with van der Waals surface area (Å²) in [6, 6.07) is 4.60. The van der Waals surface area contributed by atoms with Gasteiger partial charge in [0, 0.05) is 43.6 Å². The second-order valence-electron chi connectivity index (χ2n) is 4.51. The summed E-state index contributed by atoms with van der Waals surface area (Å²) in [5, 5.41) is 5.86. The van der Waals surface area contributed by atoms with Gasteiger partial charge in [-0.05, 0) is 18.2 Å². The number of rotatable bonds is 4. The molecule has 1 amide bonds. The van der Waals surface area contributed by atoms with Crippen molar-refractivity contribution in [1.29, 1.82) is 0 Å². The van der Waals surface area contributed by atoms with Crippen molar-refractivity contribution in [2.75, 3.05) is 38.0 Å². The number of nitrogens with zero attached hydrogens (tertiary/aromatic N) is 1. The van der Waals surface area contributed by atoms with E-state index in [0.29, 0.717) is 17.4 Å². The highest BCUT2D eigenvalue weighted by molar-refractivity contribution is 9.10. The van der Waals surface area contributed by atoms with E-state index in [2.05, 4.69) is 31.5 Å². The maximum absolute atomic E-state index is 13.5. The highest BCUT2D eigenvalue weighted by atomic mass is 79.9. The van der Waals surface area contributed by atoms with Crippen molar-refractivity contribution in [1.82, 2.24) is 10.2 Å². The number of hydrogen-bond donors (Lipinski definition) is 2. The summed E-state index contributed by atoms with van der Waals surface area (Å²) < 4.78 is 14.2. The van der Waals surface area contributed by atoms with Crippen molar-refractivity contribution < 1.29 is 9.18 Å². The van der Waals surface area contributed by atoms with E-state index in [-0.39, 0.29) is 11.6 Å². The van der Waals surface area contributed by atoms with Crippen LogP contribution < -0.4 is 10.6 Å². The van der Waals surface area contributed by atoms with Crippen molar-refractivity contribution in [3.05, 3.63) is 28.5 Å².